The number of likely N-dealkylation sites (N-methyl/N-ethyl adjacent to an activating group) is 2. The van der Waals surface area contributed by atoms with Crippen molar-refractivity contribution in [2.75, 3.05) is 51.8 Å². The molecule has 6 heteroatoms. The second kappa shape index (κ2) is 6.27. The summed E-state index contributed by atoms with van der Waals surface area (Å²) in [6.07, 6.45) is 0.00160. The minimum atomic E-state index is 0.00160. The van der Waals surface area contributed by atoms with Crippen LogP contribution in [0.15, 0.2) is 6.07 Å². The Morgan fingerprint density at radius 1 is 1.53 bits per heavy atom. The minimum Gasteiger partial charge on any atom is -0.395 e. The van der Waals surface area contributed by atoms with Crippen molar-refractivity contribution in [3.05, 3.63) is 17.6 Å². The lowest BCUT2D eigenvalue weighted by molar-refractivity contribution is -0.0232. The van der Waals surface area contributed by atoms with Crippen LogP contribution in [0.5, 0.6) is 0 Å². The van der Waals surface area contributed by atoms with Crippen molar-refractivity contribution in [2.24, 2.45) is 0 Å². The number of aryl methyl sites for hydroxylation is 1. The zero-order valence-electron chi connectivity index (χ0n) is 11.8. The summed E-state index contributed by atoms with van der Waals surface area (Å²) in [5.41, 5.74) is 0.916. The standard InChI is InChI=1S/C13H22N4O2/c1-10-14-11(12-9-16(2)5-7-19-12)8-13(15-10)17(3)4-6-18/h8,12,18H,4-7,9H2,1-3H3/t12-/m1/s1. The molecule has 1 aliphatic heterocycles. The molecule has 0 unspecified atom stereocenters. The lowest BCUT2D eigenvalue weighted by atomic mass is 10.2. The SMILES string of the molecule is Cc1nc([C@H]2CN(C)CCO2)cc(N(C)CCO)n1. The highest BCUT2D eigenvalue weighted by Gasteiger charge is 2.22. The predicted octanol–water partition coefficient (Wildman–Crippen LogP) is 0.217. The van der Waals surface area contributed by atoms with Crippen molar-refractivity contribution < 1.29 is 9.84 Å². The Labute approximate surface area is 114 Å². The molecule has 0 bridgehead atoms. The highest BCUT2D eigenvalue weighted by Crippen LogP contribution is 2.22. The van der Waals surface area contributed by atoms with Crippen LogP contribution in [0.3, 0.4) is 0 Å². The molecule has 0 aromatic carbocycles. The summed E-state index contributed by atoms with van der Waals surface area (Å²) in [6.45, 7) is 5.08. The second-order valence-electron chi connectivity index (χ2n) is 4.97. The van der Waals surface area contributed by atoms with Gasteiger partial charge in [0.2, 0.25) is 0 Å². The van der Waals surface area contributed by atoms with Gasteiger partial charge in [0.1, 0.15) is 17.7 Å². The van der Waals surface area contributed by atoms with Gasteiger partial charge in [-0.2, -0.15) is 0 Å². The quantitative estimate of drug-likeness (QED) is 0.841. The summed E-state index contributed by atoms with van der Waals surface area (Å²) in [4.78, 5) is 13.0. The van der Waals surface area contributed by atoms with E-state index in [1.165, 1.54) is 0 Å². The number of aliphatic hydroxyl groups is 1. The maximum absolute atomic E-state index is 9.00. The minimum absolute atomic E-state index is 0.00160. The fraction of sp³-hybridized carbons (Fsp3) is 0.692. The average Bonchev–Trinajstić information content (AvgIpc) is 2.38. The van der Waals surface area contributed by atoms with E-state index in [0.29, 0.717) is 6.54 Å². The Bertz CT molecular complexity index is 427. The van der Waals surface area contributed by atoms with Crippen LogP contribution in [-0.4, -0.2) is 66.9 Å². The van der Waals surface area contributed by atoms with E-state index in [1.54, 1.807) is 0 Å². The van der Waals surface area contributed by atoms with Crippen LogP contribution in [0.4, 0.5) is 5.82 Å². The van der Waals surface area contributed by atoms with E-state index in [2.05, 4.69) is 21.9 Å². The Kier molecular flexibility index (Phi) is 4.68. The van der Waals surface area contributed by atoms with Gasteiger partial charge in [-0.1, -0.05) is 0 Å². The third-order valence-corrected chi connectivity index (χ3v) is 3.27. The van der Waals surface area contributed by atoms with E-state index in [4.69, 9.17) is 9.84 Å². The first-order valence-corrected chi connectivity index (χ1v) is 6.58. The van der Waals surface area contributed by atoms with Crippen LogP contribution >= 0.6 is 0 Å². The monoisotopic (exact) mass is 266 g/mol. The molecule has 2 rings (SSSR count). The Hall–Kier alpha value is -1.24. The van der Waals surface area contributed by atoms with Gasteiger partial charge >= 0.3 is 0 Å². The molecule has 1 saturated heterocycles. The largest absolute Gasteiger partial charge is 0.395 e. The van der Waals surface area contributed by atoms with Gasteiger partial charge in [0.25, 0.3) is 0 Å². The zero-order valence-corrected chi connectivity index (χ0v) is 11.8. The number of aliphatic hydroxyl groups excluding tert-OH is 1. The van der Waals surface area contributed by atoms with Crippen LogP contribution in [0.1, 0.15) is 17.6 Å². The fourth-order valence-corrected chi connectivity index (χ4v) is 2.16. The van der Waals surface area contributed by atoms with E-state index in [0.717, 1.165) is 37.0 Å². The topological polar surface area (TPSA) is 61.7 Å². The van der Waals surface area contributed by atoms with Gasteiger partial charge in [-0.3, -0.25) is 0 Å². The maximum Gasteiger partial charge on any atom is 0.132 e. The predicted molar refractivity (Wildman–Crippen MR) is 73.3 cm³/mol. The summed E-state index contributed by atoms with van der Waals surface area (Å²) < 4.78 is 5.78. The van der Waals surface area contributed by atoms with Gasteiger partial charge in [0.05, 0.1) is 18.9 Å². The maximum atomic E-state index is 9.00. The van der Waals surface area contributed by atoms with E-state index >= 15 is 0 Å². The molecule has 0 amide bonds. The summed E-state index contributed by atoms with van der Waals surface area (Å²) in [6, 6.07) is 1.95. The number of rotatable bonds is 4. The van der Waals surface area contributed by atoms with Gasteiger partial charge in [-0.05, 0) is 14.0 Å². The lowest BCUT2D eigenvalue weighted by Gasteiger charge is -2.30. The molecule has 6 nitrogen and oxygen atoms in total. The van der Waals surface area contributed by atoms with Crippen molar-refractivity contribution in [1.29, 1.82) is 0 Å². The summed E-state index contributed by atoms with van der Waals surface area (Å²) in [5, 5.41) is 9.00. The molecular formula is C13H22N4O2. The van der Waals surface area contributed by atoms with Crippen molar-refractivity contribution in [2.45, 2.75) is 13.0 Å². The van der Waals surface area contributed by atoms with E-state index < -0.39 is 0 Å². The number of morpholine rings is 1. The molecule has 1 aliphatic rings. The summed E-state index contributed by atoms with van der Waals surface area (Å²) >= 11 is 0. The van der Waals surface area contributed by atoms with Gasteiger partial charge in [0, 0.05) is 32.7 Å². The fourth-order valence-electron chi connectivity index (χ4n) is 2.16. The van der Waals surface area contributed by atoms with Gasteiger partial charge in [-0.25, -0.2) is 9.97 Å². The first-order valence-electron chi connectivity index (χ1n) is 6.58. The number of aromatic nitrogens is 2. The van der Waals surface area contributed by atoms with Gasteiger partial charge in [-0.15, -0.1) is 0 Å². The van der Waals surface area contributed by atoms with Crippen molar-refractivity contribution in [3.63, 3.8) is 0 Å². The Balaban J connectivity index is 2.20. The lowest BCUT2D eigenvalue weighted by Crippen LogP contribution is -2.36. The first kappa shape index (κ1) is 14.2. The Morgan fingerprint density at radius 2 is 2.32 bits per heavy atom. The molecule has 1 aromatic rings. The molecule has 0 radical (unpaired) electrons. The molecule has 0 spiro atoms. The number of hydrogen-bond donors (Lipinski definition) is 1. The van der Waals surface area contributed by atoms with Crippen LogP contribution in [0.2, 0.25) is 0 Å². The third kappa shape index (κ3) is 3.62. The Morgan fingerprint density at radius 3 is 3.00 bits per heavy atom. The molecule has 0 aliphatic carbocycles. The molecular weight excluding hydrogens is 244 g/mol. The number of hydrogen-bond acceptors (Lipinski definition) is 6. The number of nitrogens with zero attached hydrogens (tertiary/aromatic N) is 4. The van der Waals surface area contributed by atoms with Crippen molar-refractivity contribution in [3.8, 4) is 0 Å². The smallest absolute Gasteiger partial charge is 0.132 e. The van der Waals surface area contributed by atoms with E-state index in [1.807, 2.05) is 24.9 Å². The van der Waals surface area contributed by atoms with Crippen LogP contribution in [-0.2, 0) is 4.74 Å². The molecule has 2 heterocycles. The van der Waals surface area contributed by atoms with Gasteiger partial charge < -0.3 is 19.6 Å². The third-order valence-electron chi connectivity index (χ3n) is 3.27. The average molecular weight is 266 g/mol. The first-order chi connectivity index (χ1) is 9.10. The highest BCUT2D eigenvalue weighted by molar-refractivity contribution is 5.39. The van der Waals surface area contributed by atoms with Crippen LogP contribution < -0.4 is 4.90 Å². The normalized spacial score (nSPS) is 20.5. The van der Waals surface area contributed by atoms with Crippen LogP contribution in [0.25, 0.3) is 0 Å². The molecule has 1 fully saturated rings. The summed E-state index contributed by atoms with van der Waals surface area (Å²) in [7, 11) is 4.00. The second-order valence-corrected chi connectivity index (χ2v) is 4.97. The summed E-state index contributed by atoms with van der Waals surface area (Å²) in [5.74, 6) is 1.56. The molecule has 1 aromatic heterocycles. The highest BCUT2D eigenvalue weighted by atomic mass is 16.5. The molecule has 19 heavy (non-hydrogen) atoms. The number of ether oxygens (including phenoxy) is 1. The van der Waals surface area contributed by atoms with E-state index in [-0.39, 0.29) is 12.7 Å². The molecule has 0 saturated carbocycles. The number of anilines is 1. The van der Waals surface area contributed by atoms with E-state index in [9.17, 15) is 0 Å². The van der Waals surface area contributed by atoms with Crippen molar-refractivity contribution >= 4 is 5.82 Å². The van der Waals surface area contributed by atoms with Gasteiger partial charge in [0.15, 0.2) is 0 Å². The molecule has 1 atom stereocenters. The molecule has 106 valence electrons. The molecule has 1 N–H and O–H groups in total. The van der Waals surface area contributed by atoms with Crippen LogP contribution in [0, 0.1) is 6.92 Å². The van der Waals surface area contributed by atoms with Crippen molar-refractivity contribution in [1.82, 2.24) is 14.9 Å². The zero-order chi connectivity index (χ0) is 13.8.